The Morgan fingerprint density at radius 3 is 1.93 bits per heavy atom. The molecule has 2 unspecified atom stereocenters. The minimum Gasteiger partial charge on any atom is -0.0885 e. The molecule has 0 saturated heterocycles. The molecule has 80 valence electrons. The lowest BCUT2D eigenvalue weighted by atomic mass is 9.88. The molecule has 2 rings (SSSR count). The highest BCUT2D eigenvalue weighted by molar-refractivity contribution is 5.02. The van der Waals surface area contributed by atoms with E-state index in [1.54, 1.807) is 0 Å². The molecule has 0 radical (unpaired) electrons. The number of hydrogen-bond donors (Lipinski definition) is 0. The Labute approximate surface area is 88.8 Å². The van der Waals surface area contributed by atoms with Gasteiger partial charge in [-0.25, -0.2) is 0 Å². The fourth-order valence-corrected chi connectivity index (χ4v) is 3.20. The maximum Gasteiger partial charge on any atom is -0.0347 e. The van der Waals surface area contributed by atoms with Crippen LogP contribution in [0.15, 0.2) is 12.2 Å². The molecular weight excluding hydrogens is 168 g/mol. The number of fused-ring (bicyclic) bond motifs is 1. The van der Waals surface area contributed by atoms with Gasteiger partial charge in [0.05, 0.1) is 0 Å². The third kappa shape index (κ3) is 2.40. The lowest BCUT2D eigenvalue weighted by Crippen LogP contribution is -2.06. The van der Waals surface area contributed by atoms with Crippen molar-refractivity contribution in [3.8, 4) is 0 Å². The Hall–Kier alpha value is -0.260. The van der Waals surface area contributed by atoms with E-state index in [0.717, 1.165) is 17.8 Å². The third-order valence-electron chi connectivity index (χ3n) is 3.86. The summed E-state index contributed by atoms with van der Waals surface area (Å²) in [5, 5.41) is 0. The monoisotopic (exact) mass is 192 g/mol. The lowest BCUT2D eigenvalue weighted by molar-refractivity contribution is 0.336. The van der Waals surface area contributed by atoms with Gasteiger partial charge in [-0.1, -0.05) is 32.9 Å². The van der Waals surface area contributed by atoms with Gasteiger partial charge >= 0.3 is 0 Å². The predicted octanol–water partition coefficient (Wildman–Crippen LogP) is 4.42. The van der Waals surface area contributed by atoms with E-state index in [0.29, 0.717) is 5.41 Å². The maximum absolute atomic E-state index is 2.39. The molecule has 0 aromatic rings. The molecule has 0 heterocycles. The molecule has 2 aliphatic rings. The van der Waals surface area contributed by atoms with Crippen LogP contribution in [0.3, 0.4) is 0 Å². The Kier molecular flexibility index (Phi) is 2.72. The van der Waals surface area contributed by atoms with E-state index in [1.165, 1.54) is 32.1 Å². The van der Waals surface area contributed by atoms with E-state index in [2.05, 4.69) is 32.9 Å². The molecule has 0 N–H and O–H groups in total. The predicted molar refractivity (Wildman–Crippen MR) is 62.2 cm³/mol. The Bertz CT molecular complexity index is 203. The highest BCUT2D eigenvalue weighted by Gasteiger charge is 2.49. The highest BCUT2D eigenvalue weighted by atomic mass is 14.5. The van der Waals surface area contributed by atoms with Gasteiger partial charge in [0.2, 0.25) is 0 Å². The minimum atomic E-state index is 0.541. The molecular formula is C14H24. The summed E-state index contributed by atoms with van der Waals surface area (Å²) < 4.78 is 0. The van der Waals surface area contributed by atoms with Crippen molar-refractivity contribution >= 4 is 0 Å². The van der Waals surface area contributed by atoms with Gasteiger partial charge < -0.3 is 0 Å². The van der Waals surface area contributed by atoms with Crippen LogP contribution in [0, 0.1) is 23.2 Å². The molecule has 14 heavy (non-hydrogen) atoms. The first-order valence-electron chi connectivity index (χ1n) is 6.23. The average molecular weight is 192 g/mol. The maximum atomic E-state index is 2.39. The summed E-state index contributed by atoms with van der Waals surface area (Å²) >= 11 is 0. The van der Waals surface area contributed by atoms with Crippen LogP contribution in [0.1, 0.15) is 52.9 Å². The van der Waals surface area contributed by atoms with Gasteiger partial charge in [-0.05, 0) is 55.3 Å². The highest BCUT2D eigenvalue weighted by Crippen LogP contribution is 2.57. The summed E-state index contributed by atoms with van der Waals surface area (Å²) in [6.07, 6.45) is 11.8. The average Bonchev–Trinajstić information content (AvgIpc) is 2.55. The second kappa shape index (κ2) is 3.72. The van der Waals surface area contributed by atoms with E-state index >= 15 is 0 Å². The summed E-state index contributed by atoms with van der Waals surface area (Å²) in [5.74, 6) is 3.23. The van der Waals surface area contributed by atoms with E-state index in [4.69, 9.17) is 0 Å². The van der Waals surface area contributed by atoms with Crippen LogP contribution in [0.25, 0.3) is 0 Å². The largest absolute Gasteiger partial charge is 0.0885 e. The molecule has 0 aromatic heterocycles. The second-order valence-electron chi connectivity index (χ2n) is 6.38. The smallest absolute Gasteiger partial charge is 0.0347 e. The normalized spacial score (nSPS) is 39.5. The quantitative estimate of drug-likeness (QED) is 0.540. The van der Waals surface area contributed by atoms with E-state index in [-0.39, 0.29) is 0 Å². The van der Waals surface area contributed by atoms with Crippen molar-refractivity contribution in [3.05, 3.63) is 12.2 Å². The molecule has 0 aromatic carbocycles. The van der Waals surface area contributed by atoms with Gasteiger partial charge in [0.15, 0.2) is 0 Å². The van der Waals surface area contributed by atoms with Crippen LogP contribution in [-0.4, -0.2) is 0 Å². The zero-order chi connectivity index (χ0) is 10.2. The second-order valence-corrected chi connectivity index (χ2v) is 6.38. The minimum absolute atomic E-state index is 0.541. The molecule has 1 fully saturated rings. The lowest BCUT2D eigenvalue weighted by Gasteiger charge is -2.18. The summed E-state index contributed by atoms with van der Waals surface area (Å²) in [7, 11) is 0. The van der Waals surface area contributed by atoms with Gasteiger partial charge in [-0.15, -0.1) is 0 Å². The van der Waals surface area contributed by atoms with Gasteiger partial charge in [0, 0.05) is 0 Å². The van der Waals surface area contributed by atoms with Crippen LogP contribution in [0.5, 0.6) is 0 Å². The summed E-state index contributed by atoms with van der Waals surface area (Å²) in [6.45, 7) is 7.16. The summed E-state index contributed by atoms with van der Waals surface area (Å²) in [5.41, 5.74) is 0.541. The van der Waals surface area contributed by atoms with Crippen molar-refractivity contribution < 1.29 is 0 Å². The summed E-state index contributed by atoms with van der Waals surface area (Å²) in [6, 6.07) is 0. The molecule has 0 amide bonds. The van der Waals surface area contributed by atoms with Crippen molar-refractivity contribution in [2.45, 2.75) is 52.9 Å². The van der Waals surface area contributed by atoms with Crippen LogP contribution >= 0.6 is 0 Å². The Morgan fingerprint density at radius 2 is 1.50 bits per heavy atom. The van der Waals surface area contributed by atoms with Crippen molar-refractivity contribution in [3.63, 3.8) is 0 Å². The van der Waals surface area contributed by atoms with Crippen molar-refractivity contribution in [1.29, 1.82) is 0 Å². The summed E-state index contributed by atoms with van der Waals surface area (Å²) in [4.78, 5) is 0. The fraction of sp³-hybridized carbons (Fsp3) is 0.857. The Morgan fingerprint density at radius 1 is 1.00 bits per heavy atom. The molecule has 2 aliphatic carbocycles. The fourth-order valence-electron chi connectivity index (χ4n) is 3.20. The zero-order valence-corrected chi connectivity index (χ0v) is 9.92. The standard InChI is InChI=1S/C14H24/c1-14(2,3)10-13-11-8-6-4-5-7-9-12(11)13/h4-5,11-13H,6-10H2,1-3H3/b5-4+. The van der Waals surface area contributed by atoms with Gasteiger partial charge in [0.25, 0.3) is 0 Å². The third-order valence-corrected chi connectivity index (χ3v) is 3.86. The topological polar surface area (TPSA) is 0 Å². The number of hydrogen-bond acceptors (Lipinski definition) is 0. The molecule has 1 saturated carbocycles. The first kappa shape index (κ1) is 10.3. The molecule has 2 atom stereocenters. The first-order valence-corrected chi connectivity index (χ1v) is 6.23. The van der Waals surface area contributed by atoms with Gasteiger partial charge in [0.1, 0.15) is 0 Å². The number of allylic oxidation sites excluding steroid dienone is 2. The number of rotatable bonds is 1. The van der Waals surface area contributed by atoms with Crippen LogP contribution < -0.4 is 0 Å². The van der Waals surface area contributed by atoms with E-state index < -0.39 is 0 Å². The van der Waals surface area contributed by atoms with Gasteiger partial charge in [-0.2, -0.15) is 0 Å². The first-order chi connectivity index (χ1) is 6.58. The zero-order valence-electron chi connectivity index (χ0n) is 9.92. The van der Waals surface area contributed by atoms with Crippen molar-refractivity contribution in [2.24, 2.45) is 23.2 Å². The van der Waals surface area contributed by atoms with Crippen LogP contribution in [-0.2, 0) is 0 Å². The molecule has 0 heteroatoms. The van der Waals surface area contributed by atoms with Gasteiger partial charge in [-0.3, -0.25) is 0 Å². The van der Waals surface area contributed by atoms with E-state index in [9.17, 15) is 0 Å². The molecule has 0 nitrogen and oxygen atoms in total. The van der Waals surface area contributed by atoms with Crippen molar-refractivity contribution in [2.75, 3.05) is 0 Å². The molecule has 0 bridgehead atoms. The Balaban J connectivity index is 1.87. The van der Waals surface area contributed by atoms with Crippen LogP contribution in [0.2, 0.25) is 0 Å². The van der Waals surface area contributed by atoms with Crippen LogP contribution in [0.4, 0.5) is 0 Å². The SMILES string of the molecule is CC(C)(C)CC1C2CC/C=C/CCC21. The molecule has 0 spiro atoms. The van der Waals surface area contributed by atoms with Crippen molar-refractivity contribution in [1.82, 2.24) is 0 Å². The molecule has 0 aliphatic heterocycles. The van der Waals surface area contributed by atoms with E-state index in [1.807, 2.05) is 0 Å².